The van der Waals surface area contributed by atoms with Crippen molar-refractivity contribution >= 4 is 11.6 Å². The number of nitrogens with one attached hydrogen (secondary N) is 1. The molecule has 0 aliphatic heterocycles. The highest BCUT2D eigenvalue weighted by molar-refractivity contribution is 5.95. The first kappa shape index (κ1) is 16.6. The molecule has 3 N–H and O–H groups in total. The predicted molar refractivity (Wildman–Crippen MR) is 79.6 cm³/mol. The molecule has 5 heteroatoms. The Kier molecular flexibility index (Phi) is 7.22. The van der Waals surface area contributed by atoms with E-state index >= 15 is 0 Å². The summed E-state index contributed by atoms with van der Waals surface area (Å²) in [4.78, 5) is 11.6. The molecule has 0 heterocycles. The number of carbonyl (C=O) groups excluding carboxylic acids is 1. The number of anilines is 1. The van der Waals surface area contributed by atoms with Crippen molar-refractivity contribution in [1.82, 2.24) is 0 Å². The smallest absolute Gasteiger partial charge is 0.241 e. The highest BCUT2D eigenvalue weighted by Gasteiger charge is 2.10. The van der Waals surface area contributed by atoms with E-state index in [4.69, 9.17) is 15.2 Å². The Hall–Kier alpha value is -1.43. The number of rotatable bonds is 8. The Bertz CT molecular complexity index is 433. The third kappa shape index (κ3) is 5.28. The van der Waals surface area contributed by atoms with Crippen molar-refractivity contribution in [2.75, 3.05) is 25.1 Å². The summed E-state index contributed by atoms with van der Waals surface area (Å²) in [6, 6.07) is 5.21. The summed E-state index contributed by atoms with van der Waals surface area (Å²) in [6.45, 7) is 7.92. The molecule has 0 saturated heterocycles. The quantitative estimate of drug-likeness (QED) is 0.713. The molecule has 0 saturated carbocycles. The van der Waals surface area contributed by atoms with Gasteiger partial charge in [-0.3, -0.25) is 4.79 Å². The van der Waals surface area contributed by atoms with E-state index in [1.807, 2.05) is 32.0 Å². The molecule has 0 aromatic heterocycles. The van der Waals surface area contributed by atoms with Crippen LogP contribution in [0.15, 0.2) is 18.2 Å². The molecule has 5 nitrogen and oxygen atoms in total. The fourth-order valence-electron chi connectivity index (χ4n) is 1.67. The minimum absolute atomic E-state index is 0.192. The molecular formula is C15H24N2O3. The fraction of sp³-hybridized carbons (Fsp3) is 0.533. The van der Waals surface area contributed by atoms with Crippen LogP contribution in [0.25, 0.3) is 0 Å². The van der Waals surface area contributed by atoms with E-state index in [9.17, 15) is 4.79 Å². The lowest BCUT2D eigenvalue weighted by Gasteiger charge is -2.14. The van der Waals surface area contributed by atoms with Crippen LogP contribution in [0, 0.1) is 6.92 Å². The lowest BCUT2D eigenvalue weighted by atomic mass is 10.1. The van der Waals surface area contributed by atoms with Crippen molar-refractivity contribution in [3.8, 4) is 0 Å². The molecule has 1 aromatic carbocycles. The van der Waals surface area contributed by atoms with Gasteiger partial charge in [0.1, 0.15) is 0 Å². The number of benzene rings is 1. The van der Waals surface area contributed by atoms with Gasteiger partial charge in [-0.2, -0.15) is 0 Å². The van der Waals surface area contributed by atoms with Gasteiger partial charge in [0.05, 0.1) is 25.9 Å². The van der Waals surface area contributed by atoms with Gasteiger partial charge in [0.2, 0.25) is 5.91 Å². The van der Waals surface area contributed by atoms with E-state index in [0.29, 0.717) is 26.4 Å². The molecule has 112 valence electrons. The van der Waals surface area contributed by atoms with Gasteiger partial charge in [-0.05, 0) is 38.0 Å². The zero-order valence-corrected chi connectivity index (χ0v) is 12.4. The molecule has 0 aliphatic carbocycles. The second-order valence-electron chi connectivity index (χ2n) is 4.62. The molecule has 20 heavy (non-hydrogen) atoms. The van der Waals surface area contributed by atoms with Gasteiger partial charge >= 0.3 is 0 Å². The molecule has 0 spiro atoms. The third-order valence-electron chi connectivity index (χ3n) is 2.95. The van der Waals surface area contributed by atoms with Crippen molar-refractivity contribution in [3.05, 3.63) is 29.3 Å². The Morgan fingerprint density at radius 3 is 2.70 bits per heavy atom. The molecule has 0 radical (unpaired) electrons. The lowest BCUT2D eigenvalue weighted by Crippen LogP contribution is -2.32. The maximum Gasteiger partial charge on any atom is 0.241 e. The first-order chi connectivity index (χ1) is 9.56. The summed E-state index contributed by atoms with van der Waals surface area (Å²) in [5.74, 6) is -0.192. The van der Waals surface area contributed by atoms with Crippen molar-refractivity contribution in [2.24, 2.45) is 5.73 Å². The van der Waals surface area contributed by atoms with E-state index < -0.39 is 6.04 Å². The summed E-state index contributed by atoms with van der Waals surface area (Å²) < 4.78 is 10.8. The van der Waals surface area contributed by atoms with E-state index in [-0.39, 0.29) is 5.91 Å². The summed E-state index contributed by atoms with van der Waals surface area (Å²) >= 11 is 0. The van der Waals surface area contributed by atoms with Crippen molar-refractivity contribution < 1.29 is 14.3 Å². The predicted octanol–water partition coefficient (Wildman–Crippen LogP) is 1.83. The topological polar surface area (TPSA) is 73.6 Å². The maximum atomic E-state index is 11.6. The van der Waals surface area contributed by atoms with Crippen LogP contribution < -0.4 is 11.1 Å². The third-order valence-corrected chi connectivity index (χ3v) is 2.95. The number of nitrogens with two attached hydrogens (primary N) is 1. The van der Waals surface area contributed by atoms with Crippen LogP contribution in [0.1, 0.15) is 25.0 Å². The Morgan fingerprint density at radius 2 is 2.05 bits per heavy atom. The average molecular weight is 280 g/mol. The van der Waals surface area contributed by atoms with Gasteiger partial charge in [0, 0.05) is 12.3 Å². The normalized spacial score (nSPS) is 12.2. The first-order valence-corrected chi connectivity index (χ1v) is 6.86. The SMILES string of the molecule is CCOCCOCc1cccc(NC(=O)[C@H](C)N)c1C. The van der Waals surface area contributed by atoms with E-state index in [0.717, 1.165) is 16.8 Å². The zero-order chi connectivity index (χ0) is 15.0. The number of ether oxygens (including phenoxy) is 2. The maximum absolute atomic E-state index is 11.6. The average Bonchev–Trinajstić information content (AvgIpc) is 2.42. The standard InChI is InChI=1S/C15H24N2O3/c1-4-19-8-9-20-10-13-6-5-7-14(11(13)2)17-15(18)12(3)16/h5-7,12H,4,8-10,16H2,1-3H3,(H,17,18)/t12-/m0/s1. The largest absolute Gasteiger partial charge is 0.379 e. The van der Waals surface area contributed by atoms with Gasteiger partial charge in [-0.1, -0.05) is 12.1 Å². The monoisotopic (exact) mass is 280 g/mol. The van der Waals surface area contributed by atoms with Gasteiger partial charge in [0.15, 0.2) is 0 Å². The molecule has 0 bridgehead atoms. The van der Waals surface area contributed by atoms with Crippen LogP contribution in [0.5, 0.6) is 0 Å². The summed E-state index contributed by atoms with van der Waals surface area (Å²) in [7, 11) is 0. The van der Waals surface area contributed by atoms with Gasteiger partial charge < -0.3 is 20.5 Å². The highest BCUT2D eigenvalue weighted by Crippen LogP contribution is 2.19. The lowest BCUT2D eigenvalue weighted by molar-refractivity contribution is -0.117. The van der Waals surface area contributed by atoms with Crippen LogP contribution in [-0.4, -0.2) is 31.8 Å². The van der Waals surface area contributed by atoms with Crippen molar-refractivity contribution in [1.29, 1.82) is 0 Å². The van der Waals surface area contributed by atoms with E-state index in [2.05, 4.69) is 5.32 Å². The summed E-state index contributed by atoms with van der Waals surface area (Å²) in [5, 5.41) is 2.82. The molecule has 0 fully saturated rings. The Morgan fingerprint density at radius 1 is 1.35 bits per heavy atom. The van der Waals surface area contributed by atoms with Crippen LogP contribution >= 0.6 is 0 Å². The van der Waals surface area contributed by atoms with Crippen LogP contribution in [0.4, 0.5) is 5.69 Å². The molecule has 1 amide bonds. The molecule has 1 aromatic rings. The minimum Gasteiger partial charge on any atom is -0.379 e. The Labute approximate surface area is 120 Å². The van der Waals surface area contributed by atoms with Crippen molar-refractivity contribution in [3.63, 3.8) is 0 Å². The second kappa shape index (κ2) is 8.68. The summed E-state index contributed by atoms with van der Waals surface area (Å²) in [5.41, 5.74) is 8.37. The number of hydrogen-bond acceptors (Lipinski definition) is 4. The molecule has 1 rings (SSSR count). The highest BCUT2D eigenvalue weighted by atomic mass is 16.5. The number of amides is 1. The number of hydrogen-bond donors (Lipinski definition) is 2. The van der Waals surface area contributed by atoms with Crippen LogP contribution in [0.2, 0.25) is 0 Å². The summed E-state index contributed by atoms with van der Waals surface area (Å²) in [6.07, 6.45) is 0. The van der Waals surface area contributed by atoms with Gasteiger partial charge in [-0.25, -0.2) is 0 Å². The molecule has 0 aliphatic rings. The zero-order valence-electron chi connectivity index (χ0n) is 12.4. The second-order valence-corrected chi connectivity index (χ2v) is 4.62. The van der Waals surface area contributed by atoms with Crippen molar-refractivity contribution in [2.45, 2.75) is 33.4 Å². The van der Waals surface area contributed by atoms with Gasteiger partial charge in [-0.15, -0.1) is 0 Å². The Balaban J connectivity index is 2.58. The number of carbonyl (C=O) groups is 1. The first-order valence-electron chi connectivity index (χ1n) is 6.86. The molecule has 1 atom stereocenters. The van der Waals surface area contributed by atoms with Gasteiger partial charge in [0.25, 0.3) is 0 Å². The minimum atomic E-state index is -0.527. The van der Waals surface area contributed by atoms with E-state index in [1.54, 1.807) is 6.92 Å². The molecular weight excluding hydrogens is 256 g/mol. The fourth-order valence-corrected chi connectivity index (χ4v) is 1.67. The van der Waals surface area contributed by atoms with E-state index in [1.165, 1.54) is 0 Å². The van der Waals surface area contributed by atoms with Crippen LogP contribution in [0.3, 0.4) is 0 Å². The van der Waals surface area contributed by atoms with Crippen LogP contribution in [-0.2, 0) is 20.9 Å². The molecule has 0 unspecified atom stereocenters.